The van der Waals surface area contributed by atoms with E-state index in [4.69, 9.17) is 9.47 Å². The van der Waals surface area contributed by atoms with Crippen LogP contribution in [0.5, 0.6) is 5.75 Å². The molecule has 0 radical (unpaired) electrons. The standard InChI is InChI=1S/C15H23NO2/c1-17-15-9-5-10-16(13-15)11-6-12-18-14-7-3-2-4-8-14/h2-4,7-8,15H,5-6,9-13H2,1H3. The molecule has 100 valence electrons. The summed E-state index contributed by atoms with van der Waals surface area (Å²) < 4.78 is 11.1. The highest BCUT2D eigenvalue weighted by molar-refractivity contribution is 5.20. The molecule has 0 spiro atoms. The molecule has 18 heavy (non-hydrogen) atoms. The summed E-state index contributed by atoms with van der Waals surface area (Å²) in [5, 5.41) is 0. The second-order valence-electron chi connectivity index (χ2n) is 4.82. The first-order chi connectivity index (χ1) is 8.88. The van der Waals surface area contributed by atoms with Crippen LogP contribution < -0.4 is 4.74 Å². The van der Waals surface area contributed by atoms with Crippen molar-refractivity contribution in [2.24, 2.45) is 0 Å². The minimum Gasteiger partial charge on any atom is -0.494 e. The Morgan fingerprint density at radius 3 is 2.89 bits per heavy atom. The van der Waals surface area contributed by atoms with E-state index in [1.165, 1.54) is 19.4 Å². The lowest BCUT2D eigenvalue weighted by Gasteiger charge is -2.31. The average Bonchev–Trinajstić information content (AvgIpc) is 2.45. The number of rotatable bonds is 6. The Morgan fingerprint density at radius 2 is 2.11 bits per heavy atom. The van der Waals surface area contributed by atoms with E-state index in [1.807, 2.05) is 37.4 Å². The van der Waals surface area contributed by atoms with Gasteiger partial charge in [-0.25, -0.2) is 0 Å². The highest BCUT2D eigenvalue weighted by Gasteiger charge is 2.18. The maximum Gasteiger partial charge on any atom is 0.119 e. The zero-order valence-electron chi connectivity index (χ0n) is 11.2. The van der Waals surface area contributed by atoms with Crippen LogP contribution in [-0.2, 0) is 4.74 Å². The van der Waals surface area contributed by atoms with Crippen LogP contribution in [0.25, 0.3) is 0 Å². The van der Waals surface area contributed by atoms with Crippen molar-refractivity contribution in [1.82, 2.24) is 4.90 Å². The van der Waals surface area contributed by atoms with Crippen molar-refractivity contribution in [1.29, 1.82) is 0 Å². The minimum absolute atomic E-state index is 0.425. The van der Waals surface area contributed by atoms with Crippen LogP contribution in [0.3, 0.4) is 0 Å². The highest BCUT2D eigenvalue weighted by atomic mass is 16.5. The molecule has 3 heteroatoms. The lowest BCUT2D eigenvalue weighted by molar-refractivity contribution is 0.0299. The summed E-state index contributed by atoms with van der Waals surface area (Å²) in [5.41, 5.74) is 0. The molecule has 1 aliphatic heterocycles. The Kier molecular flexibility index (Phi) is 5.49. The molecule has 1 aliphatic rings. The maximum atomic E-state index is 5.69. The fourth-order valence-electron chi connectivity index (χ4n) is 2.40. The van der Waals surface area contributed by atoms with E-state index >= 15 is 0 Å². The van der Waals surface area contributed by atoms with Gasteiger partial charge >= 0.3 is 0 Å². The summed E-state index contributed by atoms with van der Waals surface area (Å²) in [6, 6.07) is 10.0. The van der Waals surface area contributed by atoms with Crippen molar-refractivity contribution in [2.45, 2.75) is 25.4 Å². The van der Waals surface area contributed by atoms with Crippen molar-refractivity contribution >= 4 is 0 Å². The molecule has 3 nitrogen and oxygen atoms in total. The van der Waals surface area contributed by atoms with Gasteiger partial charge in [0.2, 0.25) is 0 Å². The third-order valence-corrected chi connectivity index (χ3v) is 3.43. The molecule has 1 atom stereocenters. The normalized spacial score (nSPS) is 20.8. The van der Waals surface area contributed by atoms with Gasteiger partial charge in [0.15, 0.2) is 0 Å². The molecular formula is C15H23NO2. The third kappa shape index (κ3) is 4.31. The zero-order chi connectivity index (χ0) is 12.6. The van der Waals surface area contributed by atoms with Crippen molar-refractivity contribution < 1.29 is 9.47 Å². The van der Waals surface area contributed by atoms with E-state index in [-0.39, 0.29) is 0 Å². The van der Waals surface area contributed by atoms with Crippen molar-refractivity contribution in [2.75, 3.05) is 33.4 Å². The first-order valence-corrected chi connectivity index (χ1v) is 6.81. The second kappa shape index (κ2) is 7.39. The van der Waals surface area contributed by atoms with E-state index < -0.39 is 0 Å². The topological polar surface area (TPSA) is 21.7 Å². The van der Waals surface area contributed by atoms with Gasteiger partial charge in [-0.1, -0.05) is 18.2 Å². The lowest BCUT2D eigenvalue weighted by Crippen LogP contribution is -2.40. The Hall–Kier alpha value is -1.06. The first kappa shape index (κ1) is 13.4. The molecule has 0 aromatic heterocycles. The number of hydrogen-bond donors (Lipinski definition) is 0. The van der Waals surface area contributed by atoms with Crippen LogP contribution in [-0.4, -0.2) is 44.4 Å². The first-order valence-electron chi connectivity index (χ1n) is 6.81. The van der Waals surface area contributed by atoms with Crippen LogP contribution in [0.15, 0.2) is 30.3 Å². The number of piperidine rings is 1. The number of hydrogen-bond acceptors (Lipinski definition) is 3. The molecule has 1 aromatic carbocycles. The number of methoxy groups -OCH3 is 1. The number of nitrogens with zero attached hydrogens (tertiary/aromatic N) is 1. The van der Waals surface area contributed by atoms with Gasteiger partial charge in [0.05, 0.1) is 12.7 Å². The SMILES string of the molecule is COC1CCCN(CCCOc2ccccc2)C1. The van der Waals surface area contributed by atoms with Crippen LogP contribution in [0.2, 0.25) is 0 Å². The Morgan fingerprint density at radius 1 is 1.28 bits per heavy atom. The fraction of sp³-hybridized carbons (Fsp3) is 0.600. The smallest absolute Gasteiger partial charge is 0.119 e. The van der Waals surface area contributed by atoms with Gasteiger partial charge in [-0.15, -0.1) is 0 Å². The van der Waals surface area contributed by atoms with Gasteiger partial charge in [0.1, 0.15) is 5.75 Å². The van der Waals surface area contributed by atoms with Gasteiger partial charge in [-0.3, -0.25) is 0 Å². The van der Waals surface area contributed by atoms with Gasteiger partial charge in [-0.2, -0.15) is 0 Å². The van der Waals surface area contributed by atoms with Crippen LogP contribution >= 0.6 is 0 Å². The molecule has 1 fully saturated rings. The second-order valence-corrected chi connectivity index (χ2v) is 4.82. The monoisotopic (exact) mass is 249 g/mol. The molecule has 1 heterocycles. The quantitative estimate of drug-likeness (QED) is 0.723. The number of benzene rings is 1. The number of likely N-dealkylation sites (tertiary alicyclic amines) is 1. The van der Waals surface area contributed by atoms with Crippen molar-refractivity contribution in [3.63, 3.8) is 0 Å². The Bertz CT molecular complexity index is 329. The molecule has 1 unspecified atom stereocenters. The fourth-order valence-corrected chi connectivity index (χ4v) is 2.40. The van der Waals surface area contributed by atoms with E-state index in [0.29, 0.717) is 6.10 Å². The Balaban J connectivity index is 1.60. The predicted molar refractivity (Wildman–Crippen MR) is 73.0 cm³/mol. The van der Waals surface area contributed by atoms with Gasteiger partial charge < -0.3 is 14.4 Å². The molecule has 0 aliphatic carbocycles. The number of ether oxygens (including phenoxy) is 2. The van der Waals surface area contributed by atoms with Crippen molar-refractivity contribution in [3.8, 4) is 5.75 Å². The third-order valence-electron chi connectivity index (χ3n) is 3.43. The van der Waals surface area contributed by atoms with Gasteiger partial charge in [0, 0.05) is 20.2 Å². The molecular weight excluding hydrogens is 226 g/mol. The van der Waals surface area contributed by atoms with Gasteiger partial charge in [0.25, 0.3) is 0 Å². The lowest BCUT2D eigenvalue weighted by atomic mass is 10.1. The van der Waals surface area contributed by atoms with Crippen LogP contribution in [0, 0.1) is 0 Å². The largest absolute Gasteiger partial charge is 0.494 e. The molecule has 2 rings (SSSR count). The van der Waals surface area contributed by atoms with Crippen molar-refractivity contribution in [3.05, 3.63) is 30.3 Å². The molecule has 0 amide bonds. The summed E-state index contributed by atoms with van der Waals surface area (Å²) in [7, 11) is 1.81. The van der Waals surface area contributed by atoms with E-state index in [2.05, 4.69) is 4.90 Å². The summed E-state index contributed by atoms with van der Waals surface area (Å²) in [5.74, 6) is 0.964. The molecule has 0 saturated carbocycles. The Labute approximate surface area is 110 Å². The van der Waals surface area contributed by atoms with Crippen LogP contribution in [0.1, 0.15) is 19.3 Å². The van der Waals surface area contributed by atoms with E-state index in [1.54, 1.807) is 0 Å². The van der Waals surface area contributed by atoms with Gasteiger partial charge in [-0.05, 0) is 37.9 Å². The molecule has 0 bridgehead atoms. The summed E-state index contributed by atoms with van der Waals surface area (Å²) in [6.45, 7) is 4.16. The summed E-state index contributed by atoms with van der Waals surface area (Å²) in [4.78, 5) is 2.48. The molecule has 1 saturated heterocycles. The van der Waals surface area contributed by atoms with E-state index in [9.17, 15) is 0 Å². The predicted octanol–water partition coefficient (Wildman–Crippen LogP) is 2.57. The highest BCUT2D eigenvalue weighted by Crippen LogP contribution is 2.13. The molecule has 1 aromatic rings. The molecule has 0 N–H and O–H groups in total. The minimum atomic E-state index is 0.425. The van der Waals surface area contributed by atoms with Crippen LogP contribution in [0.4, 0.5) is 0 Å². The zero-order valence-corrected chi connectivity index (χ0v) is 11.2. The number of para-hydroxylation sites is 1. The van der Waals surface area contributed by atoms with E-state index in [0.717, 1.165) is 31.9 Å². The summed E-state index contributed by atoms with van der Waals surface area (Å²) >= 11 is 0. The average molecular weight is 249 g/mol. The summed E-state index contributed by atoms with van der Waals surface area (Å²) in [6.07, 6.45) is 3.95. The maximum absolute atomic E-state index is 5.69.